The summed E-state index contributed by atoms with van der Waals surface area (Å²) < 4.78 is 9.95. The number of carbonyl (C=O) groups excluding carboxylic acids is 2. The average Bonchev–Trinajstić information content (AvgIpc) is 3.95. The van der Waals surface area contributed by atoms with E-state index in [4.69, 9.17) is 9.84 Å². The number of pyridine rings is 2. The third-order valence-electron chi connectivity index (χ3n) is 10.8. The lowest BCUT2D eigenvalue weighted by molar-refractivity contribution is -0.135. The van der Waals surface area contributed by atoms with Gasteiger partial charge in [0.25, 0.3) is 0 Å². The molecule has 1 atom stereocenters. The minimum Gasteiger partial charge on any atom is -0.492 e. The van der Waals surface area contributed by atoms with Gasteiger partial charge in [-0.1, -0.05) is 29.4 Å². The first-order valence-corrected chi connectivity index (χ1v) is 19.0. The highest BCUT2D eigenvalue weighted by Crippen LogP contribution is 2.36. The van der Waals surface area contributed by atoms with Crippen LogP contribution in [0.3, 0.4) is 0 Å². The molecule has 56 heavy (non-hydrogen) atoms. The monoisotopic (exact) mass is 744 g/mol. The van der Waals surface area contributed by atoms with Gasteiger partial charge in [-0.05, 0) is 116 Å². The Hall–Kier alpha value is -6.66. The predicted molar refractivity (Wildman–Crippen MR) is 214 cm³/mol. The number of piperidine rings is 1. The summed E-state index contributed by atoms with van der Waals surface area (Å²) in [4.78, 5) is 33.4. The van der Waals surface area contributed by atoms with Gasteiger partial charge in [-0.2, -0.15) is 5.10 Å². The summed E-state index contributed by atoms with van der Waals surface area (Å²) in [6, 6.07) is 28.1. The highest BCUT2D eigenvalue weighted by atomic mass is 16.5. The molecule has 1 saturated heterocycles. The van der Waals surface area contributed by atoms with Crippen LogP contribution in [0.1, 0.15) is 48.4 Å². The summed E-state index contributed by atoms with van der Waals surface area (Å²) in [7, 11) is 0. The number of benzene rings is 3. The van der Waals surface area contributed by atoms with Crippen LogP contribution in [0.25, 0.3) is 50.0 Å². The van der Waals surface area contributed by atoms with Gasteiger partial charge in [-0.25, -0.2) is 9.67 Å². The van der Waals surface area contributed by atoms with Gasteiger partial charge in [0.15, 0.2) is 0 Å². The number of hydrogen-bond acceptors (Lipinski definition) is 9. The van der Waals surface area contributed by atoms with Gasteiger partial charge >= 0.3 is 0 Å². The summed E-state index contributed by atoms with van der Waals surface area (Å²) in [5.74, 6) is 0.288. The standard InChI is InChI=1S/C44H40N8O4/c53-41-16-15-40(44(54)48-41)52-39-14-5-28(25-36(39)35-4-2-20-47-43(35)52)3-1-19-45-23-24-56-33-10-8-32(9-11-33)51-27-37(42(49-51)29-17-21-46-22-18-29)31-6-12-34-30(26-31)7-13-38(34)50-55/h2,4-6,8-12,14,17-18,20-22,25-27,40,45,55H,1,3,7,13,15-16,19,23-24H2,(H,48,53,54)/b50-38+. The van der Waals surface area contributed by atoms with E-state index in [1.165, 1.54) is 11.1 Å². The molecule has 1 aliphatic carbocycles. The molecule has 1 unspecified atom stereocenters. The largest absolute Gasteiger partial charge is 0.492 e. The molecule has 1 fully saturated rings. The summed E-state index contributed by atoms with van der Waals surface area (Å²) >= 11 is 0. The Morgan fingerprint density at radius 3 is 2.59 bits per heavy atom. The molecular weight excluding hydrogens is 705 g/mol. The molecule has 1 aliphatic heterocycles. The van der Waals surface area contributed by atoms with Crippen molar-refractivity contribution in [2.24, 2.45) is 5.16 Å². The Bertz CT molecular complexity index is 2610. The summed E-state index contributed by atoms with van der Waals surface area (Å²) in [6.07, 6.45) is 11.6. The van der Waals surface area contributed by atoms with Gasteiger partial charge < -0.3 is 19.8 Å². The number of amides is 2. The molecule has 2 amide bonds. The van der Waals surface area contributed by atoms with Crippen LogP contribution < -0.4 is 15.4 Å². The fourth-order valence-electron chi connectivity index (χ4n) is 7.98. The van der Waals surface area contributed by atoms with Crippen molar-refractivity contribution in [3.63, 3.8) is 0 Å². The van der Waals surface area contributed by atoms with Crippen LogP contribution in [0.5, 0.6) is 5.75 Å². The fourth-order valence-corrected chi connectivity index (χ4v) is 7.98. The van der Waals surface area contributed by atoms with E-state index in [0.717, 1.165) is 106 Å². The topological polar surface area (TPSA) is 149 Å². The van der Waals surface area contributed by atoms with Crippen molar-refractivity contribution in [1.29, 1.82) is 0 Å². The Kier molecular flexibility index (Phi) is 9.54. The lowest BCUT2D eigenvalue weighted by atomic mass is 9.98. The normalized spacial score (nSPS) is 16.1. The van der Waals surface area contributed by atoms with Crippen LogP contribution in [0.15, 0.2) is 115 Å². The van der Waals surface area contributed by atoms with E-state index in [9.17, 15) is 14.8 Å². The van der Waals surface area contributed by atoms with Gasteiger partial charge in [0.05, 0.1) is 16.9 Å². The number of hydrogen-bond donors (Lipinski definition) is 3. The van der Waals surface area contributed by atoms with Crippen molar-refractivity contribution in [3.8, 4) is 33.8 Å². The SMILES string of the molecule is O=C1CCC(n2c3ccc(CCCNCCOc4ccc(-n5cc(-c6ccc7c(c6)CC/C7=N\O)c(-c6ccncc6)n5)cc4)cc3c3cccnc32)C(=O)N1. The van der Waals surface area contributed by atoms with Crippen molar-refractivity contribution in [2.75, 3.05) is 19.7 Å². The molecule has 12 nitrogen and oxygen atoms in total. The Balaban J connectivity index is 0.802. The van der Waals surface area contributed by atoms with Crippen LogP contribution in [0, 0.1) is 0 Å². The van der Waals surface area contributed by atoms with E-state index in [-0.39, 0.29) is 11.8 Å². The van der Waals surface area contributed by atoms with E-state index >= 15 is 0 Å². The lowest BCUT2D eigenvalue weighted by Gasteiger charge is -2.23. The maximum atomic E-state index is 12.8. The number of aryl methyl sites for hydroxylation is 2. The van der Waals surface area contributed by atoms with Crippen molar-refractivity contribution < 1.29 is 19.5 Å². The summed E-state index contributed by atoms with van der Waals surface area (Å²) in [5, 5.41) is 25.9. The summed E-state index contributed by atoms with van der Waals surface area (Å²) in [6.45, 7) is 2.11. The second kappa shape index (κ2) is 15.2. The highest BCUT2D eigenvalue weighted by molar-refractivity contribution is 6.09. The molecule has 2 aliphatic rings. The second-order valence-corrected chi connectivity index (χ2v) is 14.2. The molecule has 0 bridgehead atoms. The molecule has 12 heteroatoms. The maximum absolute atomic E-state index is 12.8. The number of ether oxygens (including phenoxy) is 1. The number of nitrogens with zero attached hydrogens (tertiary/aromatic N) is 6. The number of aromatic nitrogens is 5. The Morgan fingerprint density at radius 2 is 1.75 bits per heavy atom. The van der Waals surface area contributed by atoms with Gasteiger partial charge in [0.2, 0.25) is 11.8 Å². The number of rotatable bonds is 12. The summed E-state index contributed by atoms with van der Waals surface area (Å²) in [5.41, 5.74) is 10.7. The molecule has 7 aromatic rings. The van der Waals surface area contributed by atoms with Crippen molar-refractivity contribution in [3.05, 3.63) is 126 Å². The van der Waals surface area contributed by atoms with Crippen molar-refractivity contribution >= 4 is 39.5 Å². The molecule has 0 saturated carbocycles. The molecule has 0 radical (unpaired) electrons. The molecule has 0 spiro atoms. The smallest absolute Gasteiger partial charge is 0.249 e. The maximum Gasteiger partial charge on any atom is 0.249 e. The number of imide groups is 1. The molecule has 3 N–H and O–H groups in total. The first-order valence-electron chi connectivity index (χ1n) is 19.0. The van der Waals surface area contributed by atoms with Gasteiger partial charge in [-0.3, -0.25) is 19.9 Å². The average molecular weight is 745 g/mol. The third kappa shape index (κ3) is 6.79. The molecule has 280 valence electrons. The zero-order valence-electron chi connectivity index (χ0n) is 30.7. The first-order chi connectivity index (χ1) is 27.5. The quantitative estimate of drug-likeness (QED) is 0.0535. The highest BCUT2D eigenvalue weighted by Gasteiger charge is 2.31. The van der Waals surface area contributed by atoms with Crippen LogP contribution in [-0.2, 0) is 22.4 Å². The Morgan fingerprint density at radius 1 is 0.875 bits per heavy atom. The molecule has 3 aromatic carbocycles. The van der Waals surface area contributed by atoms with Gasteiger partial charge in [-0.15, -0.1) is 0 Å². The Labute approximate surface area is 322 Å². The molecule has 9 rings (SSSR count). The van der Waals surface area contributed by atoms with Crippen LogP contribution in [0.2, 0.25) is 0 Å². The van der Waals surface area contributed by atoms with E-state index in [2.05, 4.69) is 62.3 Å². The van der Waals surface area contributed by atoms with Crippen LogP contribution in [-0.4, -0.2) is 66.7 Å². The number of nitrogens with one attached hydrogen (secondary N) is 2. The van der Waals surface area contributed by atoms with E-state index < -0.39 is 6.04 Å². The first kappa shape index (κ1) is 35.1. The molecular formula is C44H40N8O4. The van der Waals surface area contributed by atoms with Gasteiger partial charge in [0, 0.05) is 65.2 Å². The molecule has 5 heterocycles. The second-order valence-electron chi connectivity index (χ2n) is 14.2. The van der Waals surface area contributed by atoms with Crippen molar-refractivity contribution in [1.82, 2.24) is 34.9 Å². The van der Waals surface area contributed by atoms with Crippen LogP contribution >= 0.6 is 0 Å². The minimum absolute atomic E-state index is 0.225. The van der Waals surface area contributed by atoms with Crippen LogP contribution in [0.4, 0.5) is 0 Å². The fraction of sp³-hybridized carbons (Fsp3) is 0.227. The van der Waals surface area contributed by atoms with Gasteiger partial charge in [0.1, 0.15) is 29.7 Å². The van der Waals surface area contributed by atoms with E-state index in [1.807, 2.05) is 63.8 Å². The van der Waals surface area contributed by atoms with Crippen molar-refractivity contribution in [2.45, 2.75) is 44.6 Å². The zero-order valence-corrected chi connectivity index (χ0v) is 30.7. The van der Waals surface area contributed by atoms with E-state index in [0.29, 0.717) is 19.4 Å². The minimum atomic E-state index is -0.464. The predicted octanol–water partition coefficient (Wildman–Crippen LogP) is 6.81. The number of oxime groups is 1. The number of carbonyl (C=O) groups is 2. The zero-order chi connectivity index (χ0) is 38.0. The molecule has 4 aromatic heterocycles. The third-order valence-corrected chi connectivity index (χ3v) is 10.8. The number of fused-ring (bicyclic) bond motifs is 4. The lowest BCUT2D eigenvalue weighted by Crippen LogP contribution is -2.41. The van der Waals surface area contributed by atoms with E-state index in [1.54, 1.807) is 18.6 Å².